The van der Waals surface area contributed by atoms with Crippen LogP contribution in [0, 0.1) is 27.7 Å². The van der Waals surface area contributed by atoms with Crippen LogP contribution in [0.25, 0.3) is 11.0 Å². The highest BCUT2D eigenvalue weighted by Crippen LogP contribution is 2.21. The lowest BCUT2D eigenvalue weighted by atomic mass is 10.1. The number of rotatable bonds is 4. The maximum Gasteiger partial charge on any atom is 0.255 e. The van der Waals surface area contributed by atoms with Crippen molar-refractivity contribution in [3.8, 4) is 0 Å². The van der Waals surface area contributed by atoms with E-state index in [4.69, 9.17) is 0 Å². The summed E-state index contributed by atoms with van der Waals surface area (Å²) in [6, 6.07) is 7.64. The first-order valence-corrected chi connectivity index (χ1v) is 9.11. The van der Waals surface area contributed by atoms with Crippen molar-refractivity contribution in [1.82, 2.24) is 19.7 Å². The summed E-state index contributed by atoms with van der Waals surface area (Å²) in [5.41, 5.74) is 5.41. The molecular formula is C21H25N5O2. The number of amides is 2. The number of benzene rings is 1. The van der Waals surface area contributed by atoms with Gasteiger partial charge in [0.25, 0.3) is 5.91 Å². The van der Waals surface area contributed by atoms with Gasteiger partial charge < -0.3 is 10.2 Å². The average Bonchev–Trinajstić information content (AvgIpc) is 2.90. The van der Waals surface area contributed by atoms with E-state index >= 15 is 0 Å². The Morgan fingerprint density at radius 3 is 2.39 bits per heavy atom. The number of hydrogen-bond acceptors (Lipinski definition) is 4. The molecule has 146 valence electrons. The van der Waals surface area contributed by atoms with Crippen molar-refractivity contribution in [2.24, 2.45) is 7.05 Å². The van der Waals surface area contributed by atoms with Gasteiger partial charge in [0.05, 0.1) is 23.5 Å². The van der Waals surface area contributed by atoms with Crippen molar-refractivity contribution in [2.75, 3.05) is 18.9 Å². The number of likely N-dealkylation sites (N-methyl/N-ethyl adjacent to an activating group) is 1. The number of anilines is 1. The molecule has 0 aliphatic rings. The van der Waals surface area contributed by atoms with Gasteiger partial charge in [0.2, 0.25) is 5.91 Å². The van der Waals surface area contributed by atoms with Gasteiger partial charge in [0, 0.05) is 25.2 Å². The van der Waals surface area contributed by atoms with E-state index in [2.05, 4.69) is 15.4 Å². The van der Waals surface area contributed by atoms with Crippen LogP contribution in [-0.2, 0) is 11.8 Å². The van der Waals surface area contributed by atoms with Crippen LogP contribution in [0.1, 0.15) is 32.9 Å². The second-order valence-corrected chi connectivity index (χ2v) is 7.18. The Labute approximate surface area is 164 Å². The van der Waals surface area contributed by atoms with Crippen LogP contribution >= 0.6 is 0 Å². The molecule has 3 rings (SSSR count). The SMILES string of the molecule is Cc1cccc(C)c1NC(=O)CN(C)C(=O)c1cc2c(C)nn(C)c2nc1C. The second kappa shape index (κ2) is 7.42. The van der Waals surface area contributed by atoms with Crippen LogP contribution in [-0.4, -0.2) is 45.1 Å². The van der Waals surface area contributed by atoms with Crippen LogP contribution in [0.15, 0.2) is 24.3 Å². The highest BCUT2D eigenvalue weighted by atomic mass is 16.2. The Bertz CT molecular complexity index is 1060. The lowest BCUT2D eigenvalue weighted by Gasteiger charge is -2.19. The largest absolute Gasteiger partial charge is 0.332 e. The Morgan fingerprint density at radius 1 is 1.11 bits per heavy atom. The molecule has 7 heteroatoms. The molecule has 0 spiro atoms. The topological polar surface area (TPSA) is 80.1 Å². The van der Waals surface area contributed by atoms with Gasteiger partial charge in [0.1, 0.15) is 0 Å². The van der Waals surface area contributed by atoms with Gasteiger partial charge in [-0.2, -0.15) is 5.10 Å². The number of carbonyl (C=O) groups excluding carboxylic acids is 2. The molecule has 1 N–H and O–H groups in total. The first kappa shape index (κ1) is 19.5. The van der Waals surface area contributed by atoms with E-state index in [1.165, 1.54) is 4.90 Å². The van der Waals surface area contributed by atoms with Gasteiger partial charge in [-0.15, -0.1) is 0 Å². The smallest absolute Gasteiger partial charge is 0.255 e. The molecule has 0 saturated carbocycles. The van der Waals surface area contributed by atoms with E-state index in [1.807, 2.05) is 52.1 Å². The standard InChI is InChI=1S/C21H25N5O2/c1-12-8-7-9-13(2)19(12)23-18(27)11-25(5)21(28)17-10-16-15(4)24-26(6)20(16)22-14(17)3/h7-10H,11H2,1-6H3,(H,23,27). The molecule has 0 bridgehead atoms. The van der Waals surface area contributed by atoms with Crippen molar-refractivity contribution in [3.05, 3.63) is 52.3 Å². The zero-order valence-corrected chi connectivity index (χ0v) is 17.1. The fourth-order valence-electron chi connectivity index (χ4n) is 3.33. The van der Waals surface area contributed by atoms with Crippen LogP contribution in [0.2, 0.25) is 0 Å². The third-order valence-corrected chi connectivity index (χ3v) is 4.89. The first-order chi connectivity index (χ1) is 13.2. The van der Waals surface area contributed by atoms with Gasteiger partial charge in [-0.05, 0) is 44.9 Å². The fourth-order valence-corrected chi connectivity index (χ4v) is 3.33. The van der Waals surface area contributed by atoms with Gasteiger partial charge in [-0.25, -0.2) is 4.98 Å². The first-order valence-electron chi connectivity index (χ1n) is 9.11. The number of aryl methyl sites for hydroxylation is 5. The van der Waals surface area contributed by atoms with Gasteiger partial charge in [-0.3, -0.25) is 14.3 Å². The number of aromatic nitrogens is 3. The number of pyridine rings is 1. The van der Waals surface area contributed by atoms with E-state index < -0.39 is 0 Å². The minimum absolute atomic E-state index is 0.0455. The maximum absolute atomic E-state index is 12.9. The van der Waals surface area contributed by atoms with E-state index in [-0.39, 0.29) is 18.4 Å². The highest BCUT2D eigenvalue weighted by molar-refractivity contribution is 6.02. The molecular weight excluding hydrogens is 354 g/mol. The number of hydrogen-bond donors (Lipinski definition) is 1. The summed E-state index contributed by atoms with van der Waals surface area (Å²) in [5, 5.41) is 8.10. The van der Waals surface area contributed by atoms with Crippen molar-refractivity contribution >= 4 is 28.5 Å². The number of nitrogens with zero attached hydrogens (tertiary/aromatic N) is 4. The third kappa shape index (κ3) is 3.60. The molecule has 0 atom stereocenters. The van der Waals surface area contributed by atoms with Crippen LogP contribution in [0.3, 0.4) is 0 Å². The minimum atomic E-state index is -0.244. The third-order valence-electron chi connectivity index (χ3n) is 4.89. The lowest BCUT2D eigenvalue weighted by molar-refractivity contribution is -0.116. The summed E-state index contributed by atoms with van der Waals surface area (Å²) >= 11 is 0. The van der Waals surface area contributed by atoms with Gasteiger partial charge in [-0.1, -0.05) is 18.2 Å². The van der Waals surface area contributed by atoms with Crippen LogP contribution in [0.4, 0.5) is 5.69 Å². The minimum Gasteiger partial charge on any atom is -0.332 e. The van der Waals surface area contributed by atoms with Gasteiger partial charge >= 0.3 is 0 Å². The molecule has 2 heterocycles. The summed E-state index contributed by atoms with van der Waals surface area (Å²) in [6.07, 6.45) is 0. The second-order valence-electron chi connectivity index (χ2n) is 7.18. The predicted molar refractivity (Wildman–Crippen MR) is 109 cm³/mol. The van der Waals surface area contributed by atoms with Crippen molar-refractivity contribution in [2.45, 2.75) is 27.7 Å². The van der Waals surface area contributed by atoms with E-state index in [0.717, 1.165) is 33.5 Å². The summed E-state index contributed by atoms with van der Waals surface area (Å²) in [7, 11) is 3.44. The maximum atomic E-state index is 12.9. The monoisotopic (exact) mass is 379 g/mol. The Kier molecular flexibility index (Phi) is 5.18. The molecule has 2 aromatic heterocycles. The van der Waals surface area contributed by atoms with E-state index in [0.29, 0.717) is 11.3 Å². The average molecular weight is 379 g/mol. The van der Waals surface area contributed by atoms with E-state index in [9.17, 15) is 9.59 Å². The molecule has 7 nitrogen and oxygen atoms in total. The van der Waals surface area contributed by atoms with Crippen LogP contribution < -0.4 is 5.32 Å². The summed E-state index contributed by atoms with van der Waals surface area (Å²) in [4.78, 5) is 31.3. The Morgan fingerprint density at radius 2 is 1.75 bits per heavy atom. The van der Waals surface area contributed by atoms with Crippen molar-refractivity contribution < 1.29 is 9.59 Å². The molecule has 2 amide bonds. The molecule has 0 unspecified atom stereocenters. The summed E-state index contributed by atoms with van der Waals surface area (Å²) in [5.74, 6) is -0.482. The van der Waals surface area contributed by atoms with Crippen molar-refractivity contribution in [3.63, 3.8) is 0 Å². The normalized spacial score (nSPS) is 10.9. The molecule has 0 fully saturated rings. The molecule has 0 aliphatic heterocycles. The predicted octanol–water partition coefficient (Wildman–Crippen LogP) is 2.91. The molecule has 0 saturated heterocycles. The molecule has 0 radical (unpaired) electrons. The highest BCUT2D eigenvalue weighted by Gasteiger charge is 2.20. The Balaban J connectivity index is 1.79. The number of fused-ring (bicyclic) bond motifs is 1. The summed E-state index contributed by atoms with van der Waals surface area (Å²) < 4.78 is 1.70. The molecule has 1 aromatic carbocycles. The molecule has 0 aliphatic carbocycles. The van der Waals surface area contributed by atoms with Gasteiger partial charge in [0.15, 0.2) is 5.65 Å². The summed E-state index contributed by atoms with van der Waals surface area (Å²) in [6.45, 7) is 7.51. The fraction of sp³-hybridized carbons (Fsp3) is 0.333. The quantitative estimate of drug-likeness (QED) is 0.756. The van der Waals surface area contributed by atoms with E-state index in [1.54, 1.807) is 18.7 Å². The number of carbonyl (C=O) groups is 2. The Hall–Kier alpha value is -3.22. The molecule has 28 heavy (non-hydrogen) atoms. The lowest BCUT2D eigenvalue weighted by Crippen LogP contribution is -2.35. The van der Waals surface area contributed by atoms with Crippen LogP contribution in [0.5, 0.6) is 0 Å². The number of nitrogens with one attached hydrogen (secondary N) is 1. The zero-order chi connectivity index (χ0) is 20.6. The molecule has 3 aromatic rings. The zero-order valence-electron chi connectivity index (χ0n) is 17.1. The van der Waals surface area contributed by atoms with Crippen molar-refractivity contribution in [1.29, 1.82) is 0 Å². The number of para-hydroxylation sites is 1.